The van der Waals surface area contributed by atoms with E-state index in [1.165, 1.54) is 64.2 Å². The molecule has 0 aromatic heterocycles. The molecule has 0 aliphatic heterocycles. The van der Waals surface area contributed by atoms with Gasteiger partial charge in [-0.05, 0) is 57.8 Å². The maximum absolute atomic E-state index is 12.5. The summed E-state index contributed by atoms with van der Waals surface area (Å²) in [6, 6.07) is 0. The lowest BCUT2D eigenvalue weighted by Crippen LogP contribution is -2.29. The Kier molecular flexibility index (Phi) is 33.8. The van der Waals surface area contributed by atoms with Gasteiger partial charge in [-0.15, -0.1) is 0 Å². The van der Waals surface area contributed by atoms with Crippen LogP contribution in [0, 0.1) is 0 Å². The number of hydrogen-bond acceptors (Lipinski definition) is 9. The predicted octanol–water partition coefficient (Wildman–Crippen LogP) is 9.44. The SMILES string of the molecule is CCCC/C=C/CCCCCCCC(=O)OC[C@H](COP(=O)(O)OC[C@@H](O)CO)OC(=O)CCCCC/C=C/CCCCCCCCCC. The highest BCUT2D eigenvalue weighted by Crippen LogP contribution is 2.43. The van der Waals surface area contributed by atoms with Crippen molar-refractivity contribution >= 4 is 19.8 Å². The number of aliphatic hydroxyl groups is 2. The number of esters is 2. The average molecular weight is 719 g/mol. The minimum Gasteiger partial charge on any atom is -0.462 e. The predicted molar refractivity (Wildman–Crippen MR) is 196 cm³/mol. The van der Waals surface area contributed by atoms with Crippen LogP contribution in [0.1, 0.15) is 168 Å². The van der Waals surface area contributed by atoms with Gasteiger partial charge < -0.3 is 24.6 Å². The Labute approximate surface area is 298 Å². The minimum absolute atomic E-state index is 0.164. The Morgan fingerprint density at radius 2 is 1.02 bits per heavy atom. The fourth-order valence-corrected chi connectivity index (χ4v) is 5.82. The Balaban J connectivity index is 4.39. The molecule has 0 fully saturated rings. The van der Waals surface area contributed by atoms with E-state index in [-0.39, 0.29) is 19.4 Å². The summed E-state index contributed by atoms with van der Waals surface area (Å²) in [5.41, 5.74) is 0. The first-order chi connectivity index (χ1) is 23.7. The fourth-order valence-electron chi connectivity index (χ4n) is 5.03. The van der Waals surface area contributed by atoms with Gasteiger partial charge in [-0.3, -0.25) is 18.6 Å². The molecule has 3 atom stereocenters. The lowest BCUT2D eigenvalue weighted by molar-refractivity contribution is -0.161. The summed E-state index contributed by atoms with van der Waals surface area (Å²) in [7, 11) is -4.61. The lowest BCUT2D eigenvalue weighted by atomic mass is 10.1. The number of allylic oxidation sites excluding steroid dienone is 4. The van der Waals surface area contributed by atoms with Gasteiger partial charge >= 0.3 is 19.8 Å². The van der Waals surface area contributed by atoms with E-state index in [0.29, 0.717) is 12.8 Å². The molecular formula is C38H71O10P. The molecule has 0 saturated heterocycles. The van der Waals surface area contributed by atoms with Gasteiger partial charge in [-0.25, -0.2) is 4.57 Å². The molecule has 0 spiro atoms. The molecule has 0 saturated carbocycles. The van der Waals surface area contributed by atoms with Gasteiger partial charge in [0.15, 0.2) is 6.10 Å². The molecule has 11 heteroatoms. The van der Waals surface area contributed by atoms with Gasteiger partial charge in [0, 0.05) is 12.8 Å². The third kappa shape index (κ3) is 34.7. The third-order valence-corrected chi connectivity index (χ3v) is 9.03. The number of phosphoric ester groups is 1. The molecule has 0 rings (SSSR count). The van der Waals surface area contributed by atoms with Crippen molar-refractivity contribution < 1.29 is 47.8 Å². The summed E-state index contributed by atoms with van der Waals surface area (Å²) in [6.07, 6.45) is 31.5. The number of carbonyl (C=O) groups excluding carboxylic acids is 2. The number of hydrogen-bond donors (Lipinski definition) is 3. The van der Waals surface area contributed by atoms with Crippen molar-refractivity contribution in [2.24, 2.45) is 0 Å². The molecule has 288 valence electrons. The molecule has 0 aromatic carbocycles. The smallest absolute Gasteiger partial charge is 0.462 e. The first kappa shape index (κ1) is 47.4. The quantitative estimate of drug-likeness (QED) is 0.0248. The van der Waals surface area contributed by atoms with E-state index in [4.69, 9.17) is 19.1 Å². The van der Waals surface area contributed by atoms with Crippen LogP contribution in [0.3, 0.4) is 0 Å². The molecule has 0 heterocycles. The standard InChI is InChI=1S/C38H71O10P/c1-3-5-7-9-11-13-15-16-17-18-20-22-24-26-28-30-38(42)48-36(34-47-49(43,44)46-32-35(40)31-39)33-45-37(41)29-27-25-23-21-19-14-12-10-8-6-4-2/h10,12,18,20,35-36,39-40H,3-9,11,13-17,19,21-34H2,1-2H3,(H,43,44)/b12-10+,20-18+/t35-,36+/m0/s1. The summed E-state index contributed by atoms with van der Waals surface area (Å²) in [4.78, 5) is 34.8. The van der Waals surface area contributed by atoms with E-state index in [1.54, 1.807) is 0 Å². The third-order valence-electron chi connectivity index (χ3n) is 8.08. The van der Waals surface area contributed by atoms with E-state index in [2.05, 4.69) is 42.7 Å². The second kappa shape index (κ2) is 34.9. The van der Waals surface area contributed by atoms with E-state index < -0.39 is 51.8 Å². The zero-order valence-corrected chi connectivity index (χ0v) is 31.8. The lowest BCUT2D eigenvalue weighted by Gasteiger charge is -2.20. The van der Waals surface area contributed by atoms with Crippen molar-refractivity contribution in [3.63, 3.8) is 0 Å². The van der Waals surface area contributed by atoms with Crippen molar-refractivity contribution in [3.05, 3.63) is 24.3 Å². The van der Waals surface area contributed by atoms with Gasteiger partial charge in [0.2, 0.25) is 0 Å². The first-order valence-electron chi connectivity index (χ1n) is 19.3. The minimum atomic E-state index is -4.61. The van der Waals surface area contributed by atoms with Crippen molar-refractivity contribution in [3.8, 4) is 0 Å². The first-order valence-corrected chi connectivity index (χ1v) is 20.8. The normalized spacial score (nSPS) is 14.3. The summed E-state index contributed by atoms with van der Waals surface area (Å²) < 4.78 is 32.5. The average Bonchev–Trinajstić information content (AvgIpc) is 3.09. The van der Waals surface area contributed by atoms with Crippen LogP contribution >= 0.6 is 7.82 Å². The molecule has 0 aliphatic rings. The Hall–Kier alpha value is -1.55. The van der Waals surface area contributed by atoms with Gasteiger partial charge in [0.25, 0.3) is 0 Å². The van der Waals surface area contributed by atoms with Crippen LogP contribution in [-0.4, -0.2) is 65.7 Å². The van der Waals surface area contributed by atoms with Gasteiger partial charge in [0.05, 0.1) is 19.8 Å². The summed E-state index contributed by atoms with van der Waals surface area (Å²) in [5, 5.41) is 18.3. The van der Waals surface area contributed by atoms with Crippen LogP contribution in [-0.2, 0) is 32.7 Å². The number of unbranched alkanes of at least 4 members (excludes halogenated alkanes) is 18. The van der Waals surface area contributed by atoms with Crippen LogP contribution in [0.5, 0.6) is 0 Å². The van der Waals surface area contributed by atoms with E-state index >= 15 is 0 Å². The zero-order valence-electron chi connectivity index (χ0n) is 30.9. The van der Waals surface area contributed by atoms with Gasteiger partial charge in [0.1, 0.15) is 12.7 Å². The second-order valence-electron chi connectivity index (χ2n) is 12.9. The largest absolute Gasteiger partial charge is 0.472 e. The Morgan fingerprint density at radius 3 is 1.55 bits per heavy atom. The highest BCUT2D eigenvalue weighted by atomic mass is 31.2. The maximum Gasteiger partial charge on any atom is 0.472 e. The Bertz CT molecular complexity index is 879. The molecule has 0 aromatic rings. The van der Waals surface area contributed by atoms with E-state index in [1.807, 2.05) is 0 Å². The molecule has 1 unspecified atom stereocenters. The van der Waals surface area contributed by atoms with Crippen molar-refractivity contribution in [2.45, 2.75) is 180 Å². The highest BCUT2D eigenvalue weighted by Gasteiger charge is 2.27. The summed E-state index contributed by atoms with van der Waals surface area (Å²) in [5.74, 6) is -0.954. The van der Waals surface area contributed by atoms with Crippen LogP contribution in [0.25, 0.3) is 0 Å². The molecule has 3 N–H and O–H groups in total. The van der Waals surface area contributed by atoms with Crippen molar-refractivity contribution in [2.75, 3.05) is 26.4 Å². The number of ether oxygens (including phenoxy) is 2. The summed E-state index contributed by atoms with van der Waals surface area (Å²) in [6.45, 7) is 2.30. The van der Waals surface area contributed by atoms with Crippen molar-refractivity contribution in [1.29, 1.82) is 0 Å². The van der Waals surface area contributed by atoms with Crippen LogP contribution in [0.15, 0.2) is 24.3 Å². The topological polar surface area (TPSA) is 149 Å². The van der Waals surface area contributed by atoms with E-state index in [0.717, 1.165) is 64.2 Å². The summed E-state index contributed by atoms with van der Waals surface area (Å²) >= 11 is 0. The van der Waals surface area contributed by atoms with Gasteiger partial charge in [-0.1, -0.05) is 122 Å². The Morgan fingerprint density at radius 1 is 0.592 bits per heavy atom. The monoisotopic (exact) mass is 718 g/mol. The number of carbonyl (C=O) groups is 2. The van der Waals surface area contributed by atoms with Crippen molar-refractivity contribution in [1.82, 2.24) is 0 Å². The molecule has 0 amide bonds. The molecule has 0 radical (unpaired) electrons. The zero-order chi connectivity index (χ0) is 36.3. The van der Waals surface area contributed by atoms with Crippen LogP contribution in [0.2, 0.25) is 0 Å². The maximum atomic E-state index is 12.5. The molecule has 0 aliphatic carbocycles. The molecule has 0 bridgehead atoms. The second-order valence-corrected chi connectivity index (χ2v) is 14.4. The number of aliphatic hydroxyl groups excluding tert-OH is 2. The van der Waals surface area contributed by atoms with E-state index in [9.17, 15) is 24.2 Å². The van der Waals surface area contributed by atoms with Gasteiger partial charge in [-0.2, -0.15) is 0 Å². The molecular weight excluding hydrogens is 647 g/mol. The molecule has 10 nitrogen and oxygen atoms in total. The van der Waals surface area contributed by atoms with Crippen LogP contribution < -0.4 is 0 Å². The fraction of sp³-hybridized carbons (Fsp3) is 0.842. The highest BCUT2D eigenvalue weighted by molar-refractivity contribution is 7.47. The number of phosphoric acid groups is 1. The number of rotatable bonds is 36. The van der Waals surface area contributed by atoms with Crippen LogP contribution in [0.4, 0.5) is 0 Å². The molecule has 49 heavy (non-hydrogen) atoms.